The van der Waals surface area contributed by atoms with E-state index in [1.54, 1.807) is 13.0 Å². The van der Waals surface area contributed by atoms with Gasteiger partial charge < -0.3 is 25.5 Å². The summed E-state index contributed by atoms with van der Waals surface area (Å²) in [5.74, 6) is -2.36. The molecule has 5 N–H and O–H groups in total. The first kappa shape index (κ1) is 29.3. The molecule has 2 aromatic rings. The Labute approximate surface area is 237 Å². The van der Waals surface area contributed by atoms with Crippen LogP contribution in [-0.2, 0) is 32.0 Å². The molecule has 2 aliphatic rings. The fraction of sp³-hybridized carbons (Fsp3) is 0.323. The van der Waals surface area contributed by atoms with Crippen LogP contribution in [0.1, 0.15) is 66.8 Å². The molecule has 0 spiro atoms. The number of aliphatic imine (C=N–C) groups is 1. The zero-order valence-electron chi connectivity index (χ0n) is 23.6. The summed E-state index contributed by atoms with van der Waals surface area (Å²) in [5.41, 5.74) is 7.20. The van der Waals surface area contributed by atoms with Gasteiger partial charge in [-0.2, -0.15) is 0 Å². The molecule has 0 aromatic carbocycles. The predicted octanol–water partition coefficient (Wildman–Crippen LogP) is 2.58. The monoisotopic (exact) mass is 558 g/mol. The van der Waals surface area contributed by atoms with Crippen molar-refractivity contribution >= 4 is 47.7 Å². The standard InChI is InChI=1S/C31H34N4O6/c1-6-20-16(3)25(35-31(20)41)13-24-18(5)22(8-10-29(38)39)27(34-24)14-26-21(7-9-28(36)37)17(4)23(33-26)12-19-11-15(2)30(40)32-19/h6,12-15,33-34H,1,7-11H2,2-5H3,(H,32,40)(H,36,37)(H,38,39)/b19-12-,24-13?,27-14?. The fourth-order valence-corrected chi connectivity index (χ4v) is 5.24. The van der Waals surface area contributed by atoms with E-state index in [9.17, 15) is 29.4 Å². The molecule has 41 heavy (non-hydrogen) atoms. The number of aromatic nitrogens is 2. The number of aliphatic carboxylic acids is 2. The number of carbonyl (C=O) groups excluding carboxylic acids is 2. The number of H-pyrrole nitrogens is 2. The number of nitrogens with zero attached hydrogens (tertiary/aromatic N) is 1. The van der Waals surface area contributed by atoms with Gasteiger partial charge in [0.2, 0.25) is 5.91 Å². The van der Waals surface area contributed by atoms with Crippen LogP contribution >= 0.6 is 0 Å². The third-order valence-electron chi connectivity index (χ3n) is 7.67. The van der Waals surface area contributed by atoms with Crippen LogP contribution in [0.15, 0.2) is 34.5 Å². The highest BCUT2D eigenvalue weighted by atomic mass is 16.4. The molecule has 0 saturated carbocycles. The first-order chi connectivity index (χ1) is 19.4. The molecular weight excluding hydrogens is 524 g/mol. The van der Waals surface area contributed by atoms with Gasteiger partial charge in [-0.25, -0.2) is 4.99 Å². The van der Waals surface area contributed by atoms with Gasteiger partial charge in [-0.3, -0.25) is 19.2 Å². The third-order valence-corrected chi connectivity index (χ3v) is 7.67. The van der Waals surface area contributed by atoms with Crippen LogP contribution in [0, 0.1) is 19.8 Å². The highest BCUT2D eigenvalue weighted by Gasteiger charge is 2.24. The van der Waals surface area contributed by atoms with Gasteiger partial charge in [0.1, 0.15) is 0 Å². The Kier molecular flexibility index (Phi) is 8.41. The summed E-state index contributed by atoms with van der Waals surface area (Å²) in [6.45, 7) is 11.1. The lowest BCUT2D eigenvalue weighted by atomic mass is 10.0. The molecule has 214 valence electrons. The van der Waals surface area contributed by atoms with Crippen molar-refractivity contribution < 1.29 is 29.4 Å². The summed E-state index contributed by atoms with van der Waals surface area (Å²) in [6, 6.07) is 0. The van der Waals surface area contributed by atoms with E-state index in [0.29, 0.717) is 39.7 Å². The smallest absolute Gasteiger partial charge is 0.303 e. The summed E-state index contributed by atoms with van der Waals surface area (Å²) in [5, 5.41) is 23.0. The molecule has 1 fully saturated rings. The van der Waals surface area contributed by atoms with Crippen LogP contribution in [0.4, 0.5) is 0 Å². The van der Waals surface area contributed by atoms with Gasteiger partial charge in [-0.15, -0.1) is 0 Å². The van der Waals surface area contributed by atoms with Crippen molar-refractivity contribution in [1.29, 1.82) is 0 Å². The van der Waals surface area contributed by atoms with Gasteiger partial charge in [-0.1, -0.05) is 19.6 Å². The van der Waals surface area contributed by atoms with Gasteiger partial charge in [0.15, 0.2) is 0 Å². The lowest BCUT2D eigenvalue weighted by Crippen LogP contribution is -2.16. The number of allylic oxidation sites excluding steroid dienone is 2. The number of amides is 2. The molecule has 0 bridgehead atoms. The van der Waals surface area contributed by atoms with Gasteiger partial charge in [0.25, 0.3) is 5.91 Å². The van der Waals surface area contributed by atoms with Crippen LogP contribution in [0.2, 0.25) is 0 Å². The van der Waals surface area contributed by atoms with Gasteiger partial charge >= 0.3 is 11.9 Å². The number of nitrogens with one attached hydrogen (secondary N) is 3. The van der Waals surface area contributed by atoms with Gasteiger partial charge in [0.05, 0.1) is 5.71 Å². The van der Waals surface area contributed by atoms with Crippen molar-refractivity contribution in [1.82, 2.24) is 15.3 Å². The van der Waals surface area contributed by atoms with E-state index in [-0.39, 0.29) is 43.4 Å². The molecule has 1 unspecified atom stereocenters. The molecule has 1 atom stereocenters. The van der Waals surface area contributed by atoms with Crippen molar-refractivity contribution in [3.05, 3.63) is 73.8 Å². The van der Waals surface area contributed by atoms with Crippen molar-refractivity contribution in [2.75, 3.05) is 0 Å². The average molecular weight is 559 g/mol. The second-order valence-electron chi connectivity index (χ2n) is 10.5. The van der Waals surface area contributed by atoms with Crippen molar-refractivity contribution in [2.24, 2.45) is 10.9 Å². The van der Waals surface area contributed by atoms with Crippen molar-refractivity contribution in [3.8, 4) is 0 Å². The van der Waals surface area contributed by atoms with E-state index in [0.717, 1.165) is 33.6 Å². The van der Waals surface area contributed by atoms with Crippen LogP contribution in [-0.4, -0.2) is 49.6 Å². The first-order valence-electron chi connectivity index (χ1n) is 13.4. The second-order valence-corrected chi connectivity index (χ2v) is 10.5. The average Bonchev–Trinajstić information content (AvgIpc) is 3.56. The lowest BCUT2D eigenvalue weighted by molar-refractivity contribution is -0.138. The number of hydrogen-bond donors (Lipinski definition) is 5. The maximum absolute atomic E-state index is 12.2. The SMILES string of the molecule is C=CC1=C(C)C(C=c2[nH]c(=Cc3[nH]c(/C=C4/CC(C)C(=O)N4)c(C)c3CCC(=O)O)c(CCC(=O)O)c2C)=NC1=O. The number of rotatable bonds is 10. The Morgan fingerprint density at radius 1 is 0.927 bits per heavy atom. The number of hydrogen-bond acceptors (Lipinski definition) is 4. The van der Waals surface area contributed by atoms with E-state index >= 15 is 0 Å². The maximum atomic E-state index is 12.2. The molecule has 4 rings (SSSR count). The Balaban J connectivity index is 1.88. The molecule has 4 heterocycles. The third kappa shape index (κ3) is 6.21. The first-order valence-corrected chi connectivity index (χ1v) is 13.4. The Bertz CT molecular complexity index is 1700. The second kappa shape index (κ2) is 11.8. The lowest BCUT2D eigenvalue weighted by Gasteiger charge is -2.02. The zero-order chi connectivity index (χ0) is 30.0. The van der Waals surface area contributed by atoms with E-state index in [4.69, 9.17) is 0 Å². The minimum Gasteiger partial charge on any atom is -0.481 e. The van der Waals surface area contributed by atoms with Gasteiger partial charge in [0, 0.05) is 52.1 Å². The Morgan fingerprint density at radius 3 is 2.15 bits per heavy atom. The van der Waals surface area contributed by atoms with Crippen LogP contribution in [0.5, 0.6) is 0 Å². The Morgan fingerprint density at radius 2 is 1.59 bits per heavy atom. The molecular formula is C31H34N4O6. The van der Waals surface area contributed by atoms with E-state index < -0.39 is 11.9 Å². The van der Waals surface area contributed by atoms with Gasteiger partial charge in [-0.05, 0) is 86.1 Å². The number of carboxylic acids is 2. The normalized spacial score (nSPS) is 19.0. The predicted molar refractivity (Wildman–Crippen MR) is 155 cm³/mol. The number of aromatic amines is 2. The van der Waals surface area contributed by atoms with Crippen molar-refractivity contribution in [3.63, 3.8) is 0 Å². The molecule has 1 saturated heterocycles. The van der Waals surface area contributed by atoms with Crippen LogP contribution < -0.4 is 16.0 Å². The number of carbonyl (C=O) groups is 4. The molecule has 0 aliphatic carbocycles. The zero-order valence-corrected chi connectivity index (χ0v) is 23.6. The summed E-state index contributed by atoms with van der Waals surface area (Å²) >= 11 is 0. The molecule has 2 aliphatic heterocycles. The topological polar surface area (TPSA) is 165 Å². The minimum atomic E-state index is -0.929. The number of carboxylic acid groups (broad SMARTS) is 2. The minimum absolute atomic E-state index is 0.0362. The quantitative estimate of drug-likeness (QED) is 0.301. The van der Waals surface area contributed by atoms with E-state index in [1.807, 2.05) is 32.9 Å². The maximum Gasteiger partial charge on any atom is 0.303 e. The summed E-state index contributed by atoms with van der Waals surface area (Å²) < 4.78 is 0. The highest BCUT2D eigenvalue weighted by Crippen LogP contribution is 2.26. The largest absolute Gasteiger partial charge is 0.481 e. The van der Waals surface area contributed by atoms with Crippen molar-refractivity contribution in [2.45, 2.75) is 59.8 Å². The highest BCUT2D eigenvalue weighted by molar-refractivity contribution is 6.31. The van der Waals surface area contributed by atoms with E-state index in [1.165, 1.54) is 6.08 Å². The molecule has 10 heteroatoms. The molecule has 10 nitrogen and oxygen atoms in total. The fourth-order valence-electron chi connectivity index (χ4n) is 5.24. The summed E-state index contributed by atoms with van der Waals surface area (Å²) in [4.78, 5) is 58.0. The Hall–Kier alpha value is -4.73. The summed E-state index contributed by atoms with van der Waals surface area (Å²) in [7, 11) is 0. The van der Waals surface area contributed by atoms with Crippen LogP contribution in [0.3, 0.4) is 0 Å². The van der Waals surface area contributed by atoms with Crippen LogP contribution in [0.25, 0.3) is 18.2 Å². The van der Waals surface area contributed by atoms with E-state index in [2.05, 4.69) is 26.9 Å². The molecule has 0 radical (unpaired) electrons. The molecule has 2 amide bonds. The molecule has 2 aromatic heterocycles. The summed E-state index contributed by atoms with van der Waals surface area (Å²) in [6.07, 6.45) is 7.98.